The van der Waals surface area contributed by atoms with Gasteiger partial charge >= 0.3 is 6.03 Å². The molecule has 1 saturated heterocycles. The Balaban J connectivity index is 1.96. The molecule has 1 aromatic rings. The molecule has 0 bridgehead atoms. The summed E-state index contributed by atoms with van der Waals surface area (Å²) >= 11 is 0. The van der Waals surface area contributed by atoms with E-state index < -0.39 is 12.5 Å². The second-order valence-corrected chi connectivity index (χ2v) is 4.17. The molecule has 92 valence electrons. The van der Waals surface area contributed by atoms with Crippen molar-refractivity contribution >= 4 is 11.7 Å². The van der Waals surface area contributed by atoms with Gasteiger partial charge in [-0.1, -0.05) is 12.1 Å². The standard InChI is InChI=1S/C12H14F2N2O/c13-7-9-5-6-16(8-9)12(17)15-11-4-2-1-3-10(11)14/h1-4,9H,5-8H2,(H,15,17). The molecule has 5 heteroatoms. The average molecular weight is 240 g/mol. The maximum atomic E-state index is 13.3. The Hall–Kier alpha value is -1.65. The molecule has 1 N–H and O–H groups in total. The van der Waals surface area contributed by atoms with E-state index in [1.165, 1.54) is 17.0 Å². The van der Waals surface area contributed by atoms with Crippen molar-refractivity contribution in [1.29, 1.82) is 0 Å². The Morgan fingerprint density at radius 2 is 2.24 bits per heavy atom. The van der Waals surface area contributed by atoms with Gasteiger partial charge in [-0.25, -0.2) is 9.18 Å². The van der Waals surface area contributed by atoms with E-state index in [-0.39, 0.29) is 17.6 Å². The van der Waals surface area contributed by atoms with E-state index in [0.717, 1.165) is 0 Å². The Morgan fingerprint density at radius 1 is 1.47 bits per heavy atom. The van der Waals surface area contributed by atoms with E-state index >= 15 is 0 Å². The molecule has 0 saturated carbocycles. The lowest BCUT2D eigenvalue weighted by molar-refractivity contribution is 0.219. The van der Waals surface area contributed by atoms with Gasteiger partial charge in [0.25, 0.3) is 0 Å². The van der Waals surface area contributed by atoms with Crippen LogP contribution in [0, 0.1) is 11.7 Å². The van der Waals surface area contributed by atoms with Crippen LogP contribution in [-0.4, -0.2) is 30.7 Å². The summed E-state index contributed by atoms with van der Waals surface area (Å²) in [5, 5.41) is 2.49. The Labute approximate surface area is 98.4 Å². The fraction of sp³-hybridized carbons (Fsp3) is 0.417. The van der Waals surface area contributed by atoms with Crippen LogP contribution in [0.25, 0.3) is 0 Å². The number of alkyl halides is 1. The van der Waals surface area contributed by atoms with Gasteiger partial charge in [0.2, 0.25) is 0 Å². The summed E-state index contributed by atoms with van der Waals surface area (Å²) in [6.07, 6.45) is 0.668. The highest BCUT2D eigenvalue weighted by atomic mass is 19.1. The molecule has 1 aromatic carbocycles. The molecule has 2 rings (SSSR count). The van der Waals surface area contributed by atoms with Gasteiger partial charge < -0.3 is 10.2 Å². The number of nitrogens with zero attached hydrogens (tertiary/aromatic N) is 1. The quantitative estimate of drug-likeness (QED) is 0.846. The smallest absolute Gasteiger partial charge is 0.321 e. The number of likely N-dealkylation sites (tertiary alicyclic amines) is 1. The lowest BCUT2D eigenvalue weighted by Gasteiger charge is -2.17. The number of hydrogen-bond acceptors (Lipinski definition) is 1. The van der Waals surface area contributed by atoms with E-state index in [1.54, 1.807) is 12.1 Å². The van der Waals surface area contributed by atoms with Crippen LogP contribution in [0.3, 0.4) is 0 Å². The number of halogens is 2. The molecular formula is C12H14F2N2O. The third-order valence-corrected chi connectivity index (χ3v) is 2.91. The third-order valence-electron chi connectivity index (χ3n) is 2.91. The van der Waals surface area contributed by atoms with Crippen LogP contribution in [0.15, 0.2) is 24.3 Å². The molecule has 1 atom stereocenters. The molecule has 1 aliphatic rings. The summed E-state index contributed by atoms with van der Waals surface area (Å²) in [6.45, 7) is 0.509. The van der Waals surface area contributed by atoms with Crippen LogP contribution in [0.5, 0.6) is 0 Å². The summed E-state index contributed by atoms with van der Waals surface area (Å²) in [5.74, 6) is -0.552. The minimum Gasteiger partial charge on any atom is -0.324 e. The number of amides is 2. The maximum Gasteiger partial charge on any atom is 0.321 e. The molecule has 1 unspecified atom stereocenters. The first-order valence-electron chi connectivity index (χ1n) is 5.57. The predicted octanol–water partition coefficient (Wildman–Crippen LogP) is 2.65. The molecule has 0 radical (unpaired) electrons. The molecule has 1 aliphatic heterocycles. The highest BCUT2D eigenvalue weighted by Gasteiger charge is 2.26. The molecule has 0 spiro atoms. The first-order chi connectivity index (χ1) is 8.20. The number of carbonyl (C=O) groups excluding carboxylic acids is 1. The number of para-hydroxylation sites is 1. The largest absolute Gasteiger partial charge is 0.324 e. The predicted molar refractivity (Wildman–Crippen MR) is 61.1 cm³/mol. The van der Waals surface area contributed by atoms with Crippen LogP contribution >= 0.6 is 0 Å². The van der Waals surface area contributed by atoms with Crippen molar-refractivity contribution in [1.82, 2.24) is 4.90 Å². The van der Waals surface area contributed by atoms with Crippen molar-refractivity contribution in [2.75, 3.05) is 25.1 Å². The minimum atomic E-state index is -0.470. The molecule has 0 aromatic heterocycles. The fourth-order valence-corrected chi connectivity index (χ4v) is 1.90. The summed E-state index contributed by atoms with van der Waals surface area (Å²) in [7, 11) is 0. The molecule has 1 fully saturated rings. The molecule has 3 nitrogen and oxygen atoms in total. The lowest BCUT2D eigenvalue weighted by Crippen LogP contribution is -2.33. The number of hydrogen-bond donors (Lipinski definition) is 1. The zero-order chi connectivity index (χ0) is 12.3. The van der Waals surface area contributed by atoms with Crippen molar-refractivity contribution in [2.24, 2.45) is 5.92 Å². The van der Waals surface area contributed by atoms with Crippen LogP contribution in [0.2, 0.25) is 0 Å². The third kappa shape index (κ3) is 2.72. The number of nitrogens with one attached hydrogen (secondary N) is 1. The zero-order valence-corrected chi connectivity index (χ0v) is 9.33. The molecular weight excluding hydrogens is 226 g/mol. The van der Waals surface area contributed by atoms with Crippen molar-refractivity contribution in [3.8, 4) is 0 Å². The number of urea groups is 1. The van der Waals surface area contributed by atoms with Gasteiger partial charge in [-0.15, -0.1) is 0 Å². The van der Waals surface area contributed by atoms with E-state index in [9.17, 15) is 13.6 Å². The van der Waals surface area contributed by atoms with Gasteiger partial charge in [-0.05, 0) is 18.6 Å². The van der Waals surface area contributed by atoms with Crippen molar-refractivity contribution in [3.05, 3.63) is 30.1 Å². The fourth-order valence-electron chi connectivity index (χ4n) is 1.90. The summed E-state index contributed by atoms with van der Waals surface area (Å²) in [5.41, 5.74) is 0.154. The second kappa shape index (κ2) is 5.12. The van der Waals surface area contributed by atoms with Gasteiger partial charge in [0.05, 0.1) is 12.4 Å². The summed E-state index contributed by atoms with van der Waals surface area (Å²) in [4.78, 5) is 13.3. The Bertz CT molecular complexity index is 411. The SMILES string of the molecule is O=C(Nc1ccccc1F)N1CCC(CF)C1. The Morgan fingerprint density at radius 3 is 2.88 bits per heavy atom. The minimum absolute atomic E-state index is 0.0821. The highest BCUT2D eigenvalue weighted by molar-refractivity contribution is 5.89. The molecule has 2 amide bonds. The van der Waals surface area contributed by atoms with Crippen LogP contribution < -0.4 is 5.32 Å². The van der Waals surface area contributed by atoms with Gasteiger partial charge in [0.1, 0.15) is 5.82 Å². The van der Waals surface area contributed by atoms with E-state index in [1.807, 2.05) is 0 Å². The van der Waals surface area contributed by atoms with Crippen molar-refractivity contribution in [3.63, 3.8) is 0 Å². The van der Waals surface area contributed by atoms with Crippen molar-refractivity contribution < 1.29 is 13.6 Å². The maximum absolute atomic E-state index is 13.3. The van der Waals surface area contributed by atoms with E-state index in [4.69, 9.17) is 0 Å². The lowest BCUT2D eigenvalue weighted by atomic mass is 10.1. The van der Waals surface area contributed by atoms with Crippen LogP contribution in [-0.2, 0) is 0 Å². The van der Waals surface area contributed by atoms with Crippen LogP contribution in [0.4, 0.5) is 19.3 Å². The topological polar surface area (TPSA) is 32.3 Å². The summed E-state index contributed by atoms with van der Waals surface area (Å²) in [6, 6.07) is 5.61. The number of anilines is 1. The number of rotatable bonds is 2. The van der Waals surface area contributed by atoms with Gasteiger partial charge in [-0.2, -0.15) is 0 Å². The second-order valence-electron chi connectivity index (χ2n) is 4.17. The molecule has 1 heterocycles. The molecule has 17 heavy (non-hydrogen) atoms. The van der Waals surface area contributed by atoms with Gasteiger partial charge in [-0.3, -0.25) is 4.39 Å². The Kier molecular flexibility index (Phi) is 3.56. The monoisotopic (exact) mass is 240 g/mol. The first kappa shape index (κ1) is 11.8. The normalized spacial score (nSPS) is 19.4. The van der Waals surface area contributed by atoms with E-state index in [0.29, 0.717) is 19.5 Å². The highest BCUT2D eigenvalue weighted by Crippen LogP contribution is 2.19. The van der Waals surface area contributed by atoms with Gasteiger partial charge in [0.15, 0.2) is 0 Å². The first-order valence-corrected chi connectivity index (χ1v) is 5.57. The van der Waals surface area contributed by atoms with E-state index in [2.05, 4.69) is 5.32 Å². The van der Waals surface area contributed by atoms with Gasteiger partial charge in [0, 0.05) is 19.0 Å². The molecule has 0 aliphatic carbocycles. The zero-order valence-electron chi connectivity index (χ0n) is 9.33. The average Bonchev–Trinajstić information content (AvgIpc) is 2.81. The van der Waals surface area contributed by atoms with Crippen molar-refractivity contribution in [2.45, 2.75) is 6.42 Å². The summed E-state index contributed by atoms with van der Waals surface area (Å²) < 4.78 is 25.7. The number of benzene rings is 1. The van der Waals surface area contributed by atoms with Crippen LogP contribution in [0.1, 0.15) is 6.42 Å². The number of carbonyl (C=O) groups is 1.